The fraction of sp³-hybridized carbons (Fsp3) is 0.357. The Morgan fingerprint density at radius 1 is 0.778 bits per heavy atom. The molecular weight excluding hydrogens is 763 g/mol. The summed E-state index contributed by atoms with van der Waals surface area (Å²) in [4.78, 5) is 43.1. The van der Waals surface area contributed by atoms with Crippen LogP contribution in [0.4, 0.5) is 13.2 Å². The maximum absolute atomic E-state index is 13.9. The van der Waals surface area contributed by atoms with Crippen LogP contribution in [0.15, 0.2) is 102 Å². The van der Waals surface area contributed by atoms with Crippen LogP contribution in [-0.2, 0) is 29.0 Å². The van der Waals surface area contributed by atoms with Gasteiger partial charge in [-0.2, -0.15) is 13.2 Å². The van der Waals surface area contributed by atoms with Gasteiger partial charge in [-0.05, 0) is 109 Å². The number of amides is 2. The van der Waals surface area contributed by atoms with Crippen molar-refractivity contribution in [2.75, 3.05) is 32.7 Å². The van der Waals surface area contributed by atoms with Gasteiger partial charge in [-0.15, -0.1) is 0 Å². The zero-order chi connectivity index (χ0) is 38.7. The fourth-order valence-corrected chi connectivity index (χ4v) is 7.24. The third-order valence-electron chi connectivity index (χ3n) is 9.90. The van der Waals surface area contributed by atoms with Crippen molar-refractivity contribution >= 4 is 33.7 Å². The molecule has 4 aromatic carbocycles. The van der Waals surface area contributed by atoms with Crippen molar-refractivity contribution in [3.63, 3.8) is 0 Å². The van der Waals surface area contributed by atoms with Gasteiger partial charge in [-0.25, -0.2) is 4.79 Å². The fourth-order valence-electron chi connectivity index (χ4n) is 6.97. The molecular formula is C42H45BrF3N3O5. The lowest BCUT2D eigenvalue weighted by Gasteiger charge is -2.40. The van der Waals surface area contributed by atoms with E-state index in [-0.39, 0.29) is 17.6 Å². The first-order chi connectivity index (χ1) is 25.9. The van der Waals surface area contributed by atoms with E-state index in [1.807, 2.05) is 76.5 Å². The molecule has 2 saturated heterocycles. The van der Waals surface area contributed by atoms with Crippen LogP contribution in [0.1, 0.15) is 59.2 Å². The number of carboxylic acids is 1. The standard InChI is InChI=1S/C40H44BrN3O3.C2HF3O2/c41-34-15-11-31(12-16-34)28-39(46)44(24-19-30-13-17-36(45)18-14-30)29-32-7-6-8-33(27-32)37-9-2-3-10-38(37)40(47)43-25-20-35(21-26-43)42-22-4-1-5-23-42;3-2(4,5)1(6)7/h2-3,6-18,27,35,45H,1,4-5,19-26,28-29H2;(H,6,7). The molecule has 0 unspecified atom stereocenters. The Bertz CT molecular complexity index is 1860. The van der Waals surface area contributed by atoms with Crippen molar-refractivity contribution < 1.29 is 37.8 Å². The molecule has 2 aliphatic rings. The summed E-state index contributed by atoms with van der Waals surface area (Å²) in [5.41, 5.74) is 5.68. The Morgan fingerprint density at radius 2 is 1.41 bits per heavy atom. The maximum Gasteiger partial charge on any atom is 0.490 e. The van der Waals surface area contributed by atoms with E-state index in [0.29, 0.717) is 32.0 Å². The minimum Gasteiger partial charge on any atom is -0.508 e. The molecule has 2 amide bonds. The summed E-state index contributed by atoms with van der Waals surface area (Å²) in [5, 5.41) is 16.8. The number of alkyl halides is 3. The molecule has 12 heteroatoms. The Morgan fingerprint density at radius 3 is 2.06 bits per heavy atom. The molecule has 286 valence electrons. The highest BCUT2D eigenvalue weighted by atomic mass is 79.9. The van der Waals surface area contributed by atoms with Crippen molar-refractivity contribution in [3.05, 3.63) is 124 Å². The molecule has 0 aliphatic carbocycles. The van der Waals surface area contributed by atoms with Crippen molar-refractivity contribution in [1.82, 2.24) is 14.7 Å². The van der Waals surface area contributed by atoms with E-state index in [1.54, 1.807) is 12.1 Å². The summed E-state index contributed by atoms with van der Waals surface area (Å²) in [5.74, 6) is -2.37. The van der Waals surface area contributed by atoms with E-state index in [2.05, 4.69) is 39.0 Å². The highest BCUT2D eigenvalue weighted by Gasteiger charge is 2.38. The lowest BCUT2D eigenvalue weighted by molar-refractivity contribution is -0.192. The SMILES string of the molecule is O=C(Cc1ccc(Br)cc1)N(CCc1ccc(O)cc1)Cc1cccc(-c2ccccc2C(=O)N2CCC(N3CCCCC3)CC2)c1.O=C(O)C(F)(F)F. The number of hydrogen-bond acceptors (Lipinski definition) is 5. The van der Waals surface area contributed by atoms with Gasteiger partial charge in [0.25, 0.3) is 5.91 Å². The minimum atomic E-state index is -5.08. The number of halogens is 4. The van der Waals surface area contributed by atoms with Crippen LogP contribution in [0, 0.1) is 0 Å². The summed E-state index contributed by atoms with van der Waals surface area (Å²) in [7, 11) is 0. The quantitative estimate of drug-likeness (QED) is 0.167. The average Bonchev–Trinajstić information content (AvgIpc) is 3.18. The van der Waals surface area contributed by atoms with Crippen LogP contribution in [-0.4, -0.2) is 87.6 Å². The van der Waals surface area contributed by atoms with E-state index in [1.165, 1.54) is 32.4 Å². The van der Waals surface area contributed by atoms with Crippen LogP contribution >= 0.6 is 15.9 Å². The largest absolute Gasteiger partial charge is 0.508 e. The predicted molar refractivity (Wildman–Crippen MR) is 205 cm³/mol. The highest BCUT2D eigenvalue weighted by molar-refractivity contribution is 9.10. The molecule has 2 N–H and O–H groups in total. The van der Waals surface area contributed by atoms with Gasteiger partial charge in [0.15, 0.2) is 0 Å². The van der Waals surface area contributed by atoms with Gasteiger partial charge in [-0.1, -0.05) is 83.0 Å². The van der Waals surface area contributed by atoms with Gasteiger partial charge in [-0.3, -0.25) is 9.59 Å². The number of aliphatic carboxylic acids is 1. The smallest absolute Gasteiger partial charge is 0.490 e. The molecule has 2 aliphatic heterocycles. The summed E-state index contributed by atoms with van der Waals surface area (Å²) in [6.45, 7) is 4.99. The number of piperidine rings is 2. The zero-order valence-corrected chi connectivity index (χ0v) is 31.6. The zero-order valence-electron chi connectivity index (χ0n) is 30.0. The van der Waals surface area contributed by atoms with Crippen LogP contribution in [0.3, 0.4) is 0 Å². The van der Waals surface area contributed by atoms with Gasteiger partial charge in [0.2, 0.25) is 5.91 Å². The van der Waals surface area contributed by atoms with Crippen LogP contribution in [0.5, 0.6) is 5.75 Å². The number of phenolic OH excluding ortho intramolecular Hbond substituents is 1. The lowest BCUT2D eigenvalue weighted by atomic mass is 9.95. The first-order valence-electron chi connectivity index (χ1n) is 18.2. The van der Waals surface area contributed by atoms with Crippen molar-refractivity contribution in [2.24, 2.45) is 0 Å². The van der Waals surface area contributed by atoms with Gasteiger partial charge in [0.1, 0.15) is 5.75 Å². The second kappa shape index (κ2) is 19.1. The number of likely N-dealkylation sites (tertiary alicyclic amines) is 2. The number of carboxylic acid groups (broad SMARTS) is 1. The van der Waals surface area contributed by atoms with Gasteiger partial charge in [0.05, 0.1) is 6.42 Å². The lowest BCUT2D eigenvalue weighted by Crippen LogP contribution is -2.48. The Labute approximate surface area is 322 Å². The van der Waals surface area contributed by atoms with Gasteiger partial charge in [0, 0.05) is 42.3 Å². The number of phenols is 1. The Kier molecular flexibility index (Phi) is 14.3. The topological polar surface area (TPSA) is 101 Å². The molecule has 4 aromatic rings. The molecule has 0 radical (unpaired) electrons. The minimum absolute atomic E-state index is 0.0556. The molecule has 8 nitrogen and oxygen atoms in total. The molecule has 54 heavy (non-hydrogen) atoms. The molecule has 0 saturated carbocycles. The van der Waals surface area contributed by atoms with Crippen LogP contribution in [0.25, 0.3) is 11.1 Å². The number of benzene rings is 4. The summed E-state index contributed by atoms with van der Waals surface area (Å²) < 4.78 is 32.7. The molecule has 0 spiro atoms. The first kappa shape index (κ1) is 40.5. The van der Waals surface area contributed by atoms with E-state index in [4.69, 9.17) is 9.90 Å². The summed E-state index contributed by atoms with van der Waals surface area (Å²) in [6, 6.07) is 31.8. The monoisotopic (exact) mass is 807 g/mol. The average molecular weight is 809 g/mol. The van der Waals surface area contributed by atoms with Gasteiger partial charge >= 0.3 is 12.1 Å². The van der Waals surface area contributed by atoms with E-state index >= 15 is 0 Å². The van der Waals surface area contributed by atoms with Crippen molar-refractivity contribution in [3.8, 4) is 16.9 Å². The number of rotatable bonds is 10. The van der Waals surface area contributed by atoms with Crippen LogP contribution < -0.4 is 0 Å². The maximum atomic E-state index is 13.9. The van der Waals surface area contributed by atoms with Gasteiger partial charge < -0.3 is 24.9 Å². The first-order valence-corrected chi connectivity index (χ1v) is 19.0. The molecule has 0 atom stereocenters. The third-order valence-corrected chi connectivity index (χ3v) is 10.4. The number of carbonyl (C=O) groups is 3. The summed E-state index contributed by atoms with van der Waals surface area (Å²) in [6.07, 6.45) is 1.91. The second-order valence-electron chi connectivity index (χ2n) is 13.7. The molecule has 0 aromatic heterocycles. The number of carbonyl (C=O) groups excluding carboxylic acids is 2. The molecule has 0 bridgehead atoms. The van der Waals surface area contributed by atoms with Crippen molar-refractivity contribution in [1.29, 1.82) is 0 Å². The molecule has 6 rings (SSSR count). The number of nitrogens with zero attached hydrogens (tertiary/aromatic N) is 3. The number of aromatic hydroxyl groups is 1. The normalized spacial score (nSPS) is 15.2. The third kappa shape index (κ3) is 11.7. The van der Waals surface area contributed by atoms with E-state index in [0.717, 1.165) is 63.8 Å². The van der Waals surface area contributed by atoms with E-state index in [9.17, 15) is 27.9 Å². The predicted octanol–water partition coefficient (Wildman–Crippen LogP) is 8.36. The van der Waals surface area contributed by atoms with Crippen LogP contribution in [0.2, 0.25) is 0 Å². The highest BCUT2D eigenvalue weighted by Crippen LogP contribution is 2.29. The second-order valence-corrected chi connectivity index (χ2v) is 14.6. The Balaban J connectivity index is 0.000000730. The number of hydrogen-bond donors (Lipinski definition) is 2. The molecule has 2 heterocycles. The summed E-state index contributed by atoms with van der Waals surface area (Å²) >= 11 is 3.48. The van der Waals surface area contributed by atoms with E-state index < -0.39 is 12.1 Å². The molecule has 2 fully saturated rings. The Hall–Kier alpha value is -4.68. The van der Waals surface area contributed by atoms with Crippen molar-refractivity contribution in [2.45, 2.75) is 63.7 Å².